The molecule has 5 heteroatoms. The minimum absolute atomic E-state index is 0.657. The summed E-state index contributed by atoms with van der Waals surface area (Å²) in [4.78, 5) is 4.40. The van der Waals surface area contributed by atoms with Crippen molar-refractivity contribution in [3.63, 3.8) is 0 Å². The van der Waals surface area contributed by atoms with E-state index >= 15 is 0 Å². The second-order valence-electron chi connectivity index (χ2n) is 4.13. The van der Waals surface area contributed by atoms with E-state index in [0.29, 0.717) is 6.61 Å². The number of hydrogen-bond donors (Lipinski definition) is 1. The molecule has 1 N–H and O–H groups in total. The maximum atomic E-state index is 5.48. The first-order valence-corrected chi connectivity index (χ1v) is 7.31. The van der Waals surface area contributed by atoms with Gasteiger partial charge in [-0.3, -0.25) is 0 Å². The Bertz CT molecular complexity index is 513. The lowest BCUT2D eigenvalue weighted by Crippen LogP contribution is -2.04. The number of rotatable bonds is 7. The molecule has 0 radical (unpaired) electrons. The summed E-state index contributed by atoms with van der Waals surface area (Å²) in [7, 11) is 0. The molecule has 0 fully saturated rings. The molecule has 2 rings (SSSR count). The van der Waals surface area contributed by atoms with Gasteiger partial charge in [0.1, 0.15) is 5.82 Å². The molecule has 19 heavy (non-hydrogen) atoms. The van der Waals surface area contributed by atoms with E-state index in [2.05, 4.69) is 33.7 Å². The number of benzene rings is 1. The van der Waals surface area contributed by atoms with Crippen LogP contribution in [-0.4, -0.2) is 16.0 Å². The monoisotopic (exact) mass is 277 g/mol. The Balaban J connectivity index is 1.98. The van der Waals surface area contributed by atoms with Gasteiger partial charge in [-0.05, 0) is 18.1 Å². The van der Waals surface area contributed by atoms with E-state index < -0.39 is 0 Å². The molecule has 0 saturated carbocycles. The Kier molecular flexibility index (Phi) is 5.30. The molecular weight excluding hydrogens is 258 g/mol. The van der Waals surface area contributed by atoms with Gasteiger partial charge in [0.15, 0.2) is 0 Å². The summed E-state index contributed by atoms with van der Waals surface area (Å²) in [6.45, 7) is 6.21. The van der Waals surface area contributed by atoms with Gasteiger partial charge < -0.3 is 10.1 Å². The summed E-state index contributed by atoms with van der Waals surface area (Å²) in [5.74, 6) is 0.898. The fraction of sp³-hybridized carbons (Fsp3) is 0.429. The summed E-state index contributed by atoms with van der Waals surface area (Å²) in [6, 6.07) is 8.30. The summed E-state index contributed by atoms with van der Waals surface area (Å²) in [5, 5.41) is 4.20. The highest BCUT2D eigenvalue weighted by Crippen LogP contribution is 2.15. The summed E-state index contributed by atoms with van der Waals surface area (Å²) < 4.78 is 9.74. The van der Waals surface area contributed by atoms with Gasteiger partial charge in [0.05, 0.1) is 6.61 Å². The summed E-state index contributed by atoms with van der Waals surface area (Å²) in [5.41, 5.74) is 2.46. The Labute approximate surface area is 118 Å². The molecule has 0 unspecified atom stereocenters. The van der Waals surface area contributed by atoms with Gasteiger partial charge in [-0.1, -0.05) is 31.2 Å². The van der Waals surface area contributed by atoms with Crippen LogP contribution in [-0.2, 0) is 24.3 Å². The molecule has 0 aliphatic carbocycles. The van der Waals surface area contributed by atoms with Crippen molar-refractivity contribution in [3.05, 3.63) is 41.2 Å². The predicted octanol–water partition coefficient (Wildman–Crippen LogP) is 3.25. The molecule has 102 valence electrons. The average Bonchev–Trinajstić information content (AvgIpc) is 2.91. The van der Waals surface area contributed by atoms with Crippen LogP contribution in [0.2, 0.25) is 0 Å². The van der Waals surface area contributed by atoms with Crippen LogP contribution in [0.5, 0.6) is 0 Å². The first-order valence-electron chi connectivity index (χ1n) is 6.54. The SMILES string of the molecule is CCOCc1ccccc1CNc1nc(CC)ns1. The van der Waals surface area contributed by atoms with E-state index in [1.165, 1.54) is 22.7 Å². The van der Waals surface area contributed by atoms with E-state index in [4.69, 9.17) is 4.74 Å². The second-order valence-corrected chi connectivity index (χ2v) is 4.88. The molecule has 0 atom stereocenters. The average molecular weight is 277 g/mol. The third-order valence-electron chi connectivity index (χ3n) is 2.79. The molecule has 0 amide bonds. The molecule has 0 aliphatic heterocycles. The highest BCUT2D eigenvalue weighted by molar-refractivity contribution is 7.09. The van der Waals surface area contributed by atoms with Crippen LogP contribution in [0.1, 0.15) is 30.8 Å². The zero-order valence-electron chi connectivity index (χ0n) is 11.3. The van der Waals surface area contributed by atoms with Crippen molar-refractivity contribution in [1.29, 1.82) is 0 Å². The Morgan fingerprint density at radius 1 is 1.21 bits per heavy atom. The largest absolute Gasteiger partial charge is 0.377 e. The maximum Gasteiger partial charge on any atom is 0.202 e. The van der Waals surface area contributed by atoms with Crippen LogP contribution in [0.25, 0.3) is 0 Å². The topological polar surface area (TPSA) is 47.0 Å². The minimum atomic E-state index is 0.657. The highest BCUT2D eigenvalue weighted by atomic mass is 32.1. The maximum absolute atomic E-state index is 5.48. The summed E-state index contributed by atoms with van der Waals surface area (Å²) in [6.07, 6.45) is 0.874. The van der Waals surface area contributed by atoms with Crippen LogP contribution < -0.4 is 5.32 Å². The first-order chi connectivity index (χ1) is 9.33. The molecular formula is C14H19N3OS. The number of aryl methyl sites for hydroxylation is 1. The molecule has 1 heterocycles. The summed E-state index contributed by atoms with van der Waals surface area (Å²) >= 11 is 1.41. The molecule has 2 aromatic rings. The normalized spacial score (nSPS) is 10.6. The number of nitrogens with one attached hydrogen (secondary N) is 1. The number of ether oxygens (including phenoxy) is 1. The van der Waals surface area contributed by atoms with E-state index in [-0.39, 0.29) is 0 Å². The number of anilines is 1. The lowest BCUT2D eigenvalue weighted by atomic mass is 10.1. The highest BCUT2D eigenvalue weighted by Gasteiger charge is 2.04. The van der Waals surface area contributed by atoms with E-state index in [1.807, 2.05) is 19.1 Å². The van der Waals surface area contributed by atoms with Crippen LogP contribution in [0.15, 0.2) is 24.3 Å². The van der Waals surface area contributed by atoms with Gasteiger partial charge in [0, 0.05) is 31.1 Å². The van der Waals surface area contributed by atoms with E-state index in [0.717, 1.165) is 30.5 Å². The molecule has 0 aliphatic rings. The van der Waals surface area contributed by atoms with Gasteiger partial charge in [-0.25, -0.2) is 4.98 Å². The van der Waals surface area contributed by atoms with Crippen LogP contribution in [0, 0.1) is 0 Å². The van der Waals surface area contributed by atoms with E-state index in [9.17, 15) is 0 Å². The molecule has 1 aromatic heterocycles. The lowest BCUT2D eigenvalue weighted by Gasteiger charge is -2.09. The second kappa shape index (κ2) is 7.21. The van der Waals surface area contributed by atoms with Crippen LogP contribution >= 0.6 is 11.5 Å². The zero-order chi connectivity index (χ0) is 13.5. The van der Waals surface area contributed by atoms with Gasteiger partial charge >= 0.3 is 0 Å². The smallest absolute Gasteiger partial charge is 0.202 e. The number of nitrogens with zero attached hydrogens (tertiary/aromatic N) is 2. The van der Waals surface area contributed by atoms with E-state index in [1.54, 1.807) is 0 Å². The van der Waals surface area contributed by atoms with Crippen molar-refractivity contribution in [3.8, 4) is 0 Å². The van der Waals surface area contributed by atoms with Gasteiger partial charge in [-0.15, -0.1) is 0 Å². The number of hydrogen-bond acceptors (Lipinski definition) is 5. The lowest BCUT2D eigenvalue weighted by molar-refractivity contribution is 0.133. The van der Waals surface area contributed by atoms with Crippen molar-refractivity contribution in [1.82, 2.24) is 9.36 Å². The molecule has 0 spiro atoms. The van der Waals surface area contributed by atoms with Crippen molar-refractivity contribution < 1.29 is 4.74 Å². The van der Waals surface area contributed by atoms with Crippen molar-refractivity contribution >= 4 is 16.7 Å². The quantitative estimate of drug-likeness (QED) is 0.844. The predicted molar refractivity (Wildman–Crippen MR) is 78.4 cm³/mol. The first kappa shape index (κ1) is 14.0. The Morgan fingerprint density at radius 3 is 2.68 bits per heavy atom. The van der Waals surface area contributed by atoms with Crippen LogP contribution in [0.3, 0.4) is 0 Å². The minimum Gasteiger partial charge on any atom is -0.377 e. The molecule has 0 saturated heterocycles. The third kappa shape index (κ3) is 4.01. The van der Waals surface area contributed by atoms with Gasteiger partial charge in [0.25, 0.3) is 0 Å². The van der Waals surface area contributed by atoms with Gasteiger partial charge in [0.2, 0.25) is 5.13 Å². The standard InChI is InChI=1S/C14H19N3OS/c1-3-13-16-14(19-17-13)15-9-11-7-5-6-8-12(11)10-18-4-2/h5-8H,3-4,9-10H2,1-2H3,(H,15,16,17). The van der Waals surface area contributed by atoms with Crippen LogP contribution in [0.4, 0.5) is 5.13 Å². The van der Waals surface area contributed by atoms with Crippen molar-refractivity contribution in [2.45, 2.75) is 33.4 Å². The van der Waals surface area contributed by atoms with Crippen molar-refractivity contribution in [2.24, 2.45) is 0 Å². The Morgan fingerprint density at radius 2 is 2.00 bits per heavy atom. The molecule has 4 nitrogen and oxygen atoms in total. The molecule has 0 bridgehead atoms. The third-order valence-corrected chi connectivity index (χ3v) is 3.51. The number of aromatic nitrogens is 2. The molecule has 1 aromatic carbocycles. The van der Waals surface area contributed by atoms with Crippen molar-refractivity contribution in [2.75, 3.05) is 11.9 Å². The fourth-order valence-corrected chi connectivity index (χ4v) is 2.37. The zero-order valence-corrected chi connectivity index (χ0v) is 12.2. The fourth-order valence-electron chi connectivity index (χ4n) is 1.72. The van der Waals surface area contributed by atoms with Gasteiger partial charge in [-0.2, -0.15) is 4.37 Å². The Hall–Kier alpha value is -1.46.